The monoisotopic (exact) mass is 649 g/mol. The Kier molecular flexibility index (Phi) is 13.9. The van der Waals surface area contributed by atoms with Gasteiger partial charge >= 0.3 is 11.9 Å². The topological polar surface area (TPSA) is 231 Å². The summed E-state index contributed by atoms with van der Waals surface area (Å²) < 4.78 is 28.1. The number of hydrogen-bond acceptors (Lipinski definition) is 14. The van der Waals surface area contributed by atoms with Gasteiger partial charge in [0, 0.05) is 18.9 Å². The molecule has 2 rings (SSSR count). The predicted molar refractivity (Wildman–Crippen MR) is 156 cm³/mol. The van der Waals surface area contributed by atoms with Gasteiger partial charge in [-0.1, -0.05) is 33.3 Å². The van der Waals surface area contributed by atoms with E-state index in [4.69, 9.17) is 23.7 Å². The van der Waals surface area contributed by atoms with E-state index < -0.39 is 103 Å². The molecule has 2 aliphatic rings. The van der Waals surface area contributed by atoms with Gasteiger partial charge in [-0.05, 0) is 33.6 Å². The van der Waals surface area contributed by atoms with E-state index >= 15 is 0 Å². The molecule has 0 aromatic carbocycles. The number of esters is 2. The molecule has 0 radical (unpaired) electrons. The first-order valence-corrected chi connectivity index (χ1v) is 15.2. The molecule has 0 aromatic heterocycles. The van der Waals surface area contributed by atoms with Crippen molar-refractivity contribution in [3.8, 4) is 0 Å². The summed E-state index contributed by atoms with van der Waals surface area (Å²) in [5.41, 5.74) is -5.41. The van der Waals surface area contributed by atoms with E-state index in [-0.39, 0.29) is 24.8 Å². The molecule has 11 atom stereocenters. The molecule has 2 heterocycles. The number of amides is 1. The van der Waals surface area contributed by atoms with E-state index in [0.29, 0.717) is 12.8 Å². The van der Waals surface area contributed by atoms with Gasteiger partial charge in [0.25, 0.3) is 0 Å². The molecule has 0 aliphatic carbocycles. The highest BCUT2D eigenvalue weighted by molar-refractivity contribution is 5.87. The summed E-state index contributed by atoms with van der Waals surface area (Å²) in [7, 11) is 0. The predicted octanol–water partition coefficient (Wildman–Crippen LogP) is -1.03. The van der Waals surface area contributed by atoms with Crippen LogP contribution in [0.15, 0.2) is 12.2 Å². The fourth-order valence-electron chi connectivity index (χ4n) is 5.46. The van der Waals surface area contributed by atoms with Gasteiger partial charge in [-0.25, -0.2) is 9.59 Å². The lowest BCUT2D eigenvalue weighted by Gasteiger charge is -2.55. The molecule has 1 amide bonds. The second-order valence-corrected chi connectivity index (χ2v) is 12.5. The Morgan fingerprint density at radius 3 is 2.24 bits per heavy atom. The first-order chi connectivity index (χ1) is 20.9. The lowest BCUT2D eigenvalue weighted by atomic mass is 9.70. The number of rotatable bonds is 15. The number of ether oxygens (including phenoxy) is 5. The molecule has 0 spiro atoms. The average Bonchev–Trinajstić information content (AvgIpc) is 2.98. The molecule has 2 saturated heterocycles. The number of carbonyl (C=O) groups excluding carboxylic acids is 3. The van der Waals surface area contributed by atoms with Crippen molar-refractivity contribution in [2.24, 2.45) is 0 Å². The quantitative estimate of drug-likeness (QED) is 0.0831. The minimum absolute atomic E-state index is 0.0791. The van der Waals surface area contributed by atoms with E-state index in [1.54, 1.807) is 6.92 Å². The van der Waals surface area contributed by atoms with Gasteiger partial charge in [0.15, 0.2) is 12.4 Å². The minimum atomic E-state index is -1.92. The molecule has 7 N–H and O–H groups in total. The summed E-state index contributed by atoms with van der Waals surface area (Å²) in [6.07, 6.45) is -9.68. The fourth-order valence-corrected chi connectivity index (χ4v) is 5.46. The van der Waals surface area contributed by atoms with Crippen LogP contribution in [0.2, 0.25) is 0 Å². The lowest BCUT2D eigenvalue weighted by molar-refractivity contribution is -0.344. The van der Waals surface area contributed by atoms with Crippen LogP contribution in [-0.4, -0.2) is 134 Å². The molecular formula is C30H51NO14. The highest BCUT2D eigenvalue weighted by Crippen LogP contribution is 2.44. The summed E-state index contributed by atoms with van der Waals surface area (Å²) in [6, 6.07) is -1.00. The highest BCUT2D eigenvalue weighted by Gasteiger charge is 2.63. The van der Waals surface area contributed by atoms with Gasteiger partial charge in [0.05, 0.1) is 24.4 Å². The molecule has 0 bridgehead atoms. The van der Waals surface area contributed by atoms with Crippen molar-refractivity contribution >= 4 is 17.8 Å². The van der Waals surface area contributed by atoms with E-state index in [1.165, 1.54) is 27.7 Å². The van der Waals surface area contributed by atoms with Crippen molar-refractivity contribution in [3.05, 3.63) is 12.2 Å². The normalized spacial score (nSPS) is 34.6. The van der Waals surface area contributed by atoms with Crippen LogP contribution in [0, 0.1) is 0 Å². The van der Waals surface area contributed by atoms with Gasteiger partial charge in [-0.3, -0.25) is 4.79 Å². The zero-order valence-electron chi connectivity index (χ0n) is 26.9. The summed E-state index contributed by atoms with van der Waals surface area (Å²) in [4.78, 5) is 37.3. The molecule has 2 fully saturated rings. The number of aliphatic hydroxyl groups excluding tert-OH is 4. The summed E-state index contributed by atoms with van der Waals surface area (Å²) >= 11 is 0. The molecule has 260 valence electrons. The van der Waals surface area contributed by atoms with Gasteiger partial charge in [0.1, 0.15) is 48.8 Å². The van der Waals surface area contributed by atoms with Crippen molar-refractivity contribution in [3.63, 3.8) is 0 Å². The van der Waals surface area contributed by atoms with Gasteiger partial charge in [0.2, 0.25) is 5.91 Å². The number of hydrogen-bond donors (Lipinski definition) is 7. The van der Waals surface area contributed by atoms with Crippen molar-refractivity contribution in [1.82, 2.24) is 5.32 Å². The largest absolute Gasteiger partial charge is 0.460 e. The zero-order valence-corrected chi connectivity index (χ0v) is 26.9. The molecule has 15 nitrogen and oxygen atoms in total. The third-order valence-corrected chi connectivity index (χ3v) is 8.39. The molecular weight excluding hydrogens is 598 g/mol. The van der Waals surface area contributed by atoms with Gasteiger partial charge < -0.3 is 59.6 Å². The maximum Gasteiger partial charge on any atom is 0.338 e. The van der Waals surface area contributed by atoms with E-state index in [9.17, 15) is 45.0 Å². The van der Waals surface area contributed by atoms with Crippen LogP contribution < -0.4 is 5.32 Å². The summed E-state index contributed by atoms with van der Waals surface area (Å²) in [5.74, 6) is -2.44. The van der Waals surface area contributed by atoms with Crippen molar-refractivity contribution in [2.75, 3.05) is 19.8 Å². The van der Waals surface area contributed by atoms with Crippen LogP contribution in [0.1, 0.15) is 73.6 Å². The van der Waals surface area contributed by atoms with Crippen LogP contribution in [0.5, 0.6) is 0 Å². The first-order valence-electron chi connectivity index (χ1n) is 15.2. The average molecular weight is 650 g/mol. The van der Waals surface area contributed by atoms with Crippen LogP contribution in [0.3, 0.4) is 0 Å². The Balaban J connectivity index is 2.45. The van der Waals surface area contributed by atoms with Crippen LogP contribution in [-0.2, 0) is 38.1 Å². The van der Waals surface area contributed by atoms with Crippen molar-refractivity contribution in [1.29, 1.82) is 0 Å². The second-order valence-electron chi connectivity index (χ2n) is 12.5. The second kappa shape index (κ2) is 16.1. The van der Waals surface area contributed by atoms with Crippen molar-refractivity contribution < 1.29 is 68.7 Å². The smallest absolute Gasteiger partial charge is 0.338 e. The summed E-state index contributed by atoms with van der Waals surface area (Å²) in [6.45, 7) is 10.4. The first kappa shape index (κ1) is 39.0. The van der Waals surface area contributed by atoms with Crippen LogP contribution >= 0.6 is 0 Å². The van der Waals surface area contributed by atoms with E-state index in [1.807, 2.05) is 6.92 Å². The molecule has 15 heteroatoms. The Morgan fingerprint density at radius 1 is 1.09 bits per heavy atom. The molecule has 2 aliphatic heterocycles. The number of nitrogens with one attached hydrogen (secondary N) is 1. The van der Waals surface area contributed by atoms with Gasteiger partial charge in [-0.15, -0.1) is 0 Å². The molecule has 0 saturated carbocycles. The van der Waals surface area contributed by atoms with E-state index in [2.05, 4.69) is 11.9 Å². The lowest BCUT2D eigenvalue weighted by Crippen LogP contribution is -2.73. The number of unbranched alkanes of at least 4 members (excludes halogenated alkanes) is 1. The maximum atomic E-state index is 13.6. The Labute approximate surface area is 263 Å². The molecule has 0 aromatic rings. The zero-order chi connectivity index (χ0) is 34.3. The van der Waals surface area contributed by atoms with Crippen LogP contribution in [0.25, 0.3) is 0 Å². The number of carbonyl (C=O) groups is 3. The van der Waals surface area contributed by atoms with Gasteiger partial charge in [-0.2, -0.15) is 0 Å². The standard InChI is InChI=1S/C30H51NO14/c1-8-10-11-30(40,9-2)29(7)24(36)21(35)22(44-27-18(31-17(5)33)12-19(34)20(13-32)43-27)23(45-29)26(38)42-15-28(6,39)14-41-25(37)16(3)4/h18-24,27,32,34-36,39-40H,3,8-15H2,1-2,4-7H3,(H,31,33)/t18-,19-,20?,21?,22+,23?,24?,27-,28+,29?,30+/m0/s1. The molecule has 5 unspecified atom stereocenters. The fraction of sp³-hybridized carbons (Fsp3) is 0.833. The SMILES string of the molecule is C=C(C)C(=O)OC[C@@](C)(O)COC(=O)C1OC(C)([C@@](O)(CC)CCCC)C(O)C(O)[C@H]1O[C@@H]1OC(CO)[C@@H](O)C[C@@H]1NC(C)=O. The van der Waals surface area contributed by atoms with Crippen LogP contribution in [0.4, 0.5) is 0 Å². The Hall–Kier alpha value is -2.21. The third-order valence-electron chi connectivity index (χ3n) is 8.39. The maximum absolute atomic E-state index is 13.6. The highest BCUT2D eigenvalue weighted by atomic mass is 16.7. The number of aliphatic hydroxyl groups is 6. The Bertz CT molecular complexity index is 1040. The molecule has 45 heavy (non-hydrogen) atoms. The third kappa shape index (κ3) is 9.42. The van der Waals surface area contributed by atoms with E-state index in [0.717, 1.165) is 0 Å². The minimum Gasteiger partial charge on any atom is -0.460 e. The van der Waals surface area contributed by atoms with Crippen molar-refractivity contribution in [2.45, 2.75) is 139 Å². The summed E-state index contributed by atoms with van der Waals surface area (Å²) in [5, 5.41) is 67.8. The Morgan fingerprint density at radius 2 is 1.71 bits per heavy atom.